The van der Waals surface area contributed by atoms with E-state index in [1.807, 2.05) is 6.92 Å². The molecule has 0 aliphatic rings. The summed E-state index contributed by atoms with van der Waals surface area (Å²) in [5.74, 6) is -2.76. The fourth-order valence-electron chi connectivity index (χ4n) is 1.56. The summed E-state index contributed by atoms with van der Waals surface area (Å²) >= 11 is 5.78. The van der Waals surface area contributed by atoms with Crippen LogP contribution < -0.4 is 11.1 Å². The number of aromatic nitrogens is 1. The topological polar surface area (TPSA) is 114 Å². The van der Waals surface area contributed by atoms with E-state index in [-0.39, 0.29) is 5.69 Å². The predicted molar refractivity (Wildman–Crippen MR) is 67.8 cm³/mol. The third-order valence-electron chi connectivity index (χ3n) is 2.45. The smallest absolute Gasteiger partial charge is 0.326 e. The fraction of sp³-hybridized carbons (Fsp3) is 0.364. The second kappa shape index (κ2) is 6.24. The first-order valence-electron chi connectivity index (χ1n) is 5.52. The van der Waals surface area contributed by atoms with E-state index in [0.717, 1.165) is 0 Å². The average molecular weight is 288 g/mol. The van der Waals surface area contributed by atoms with Crippen LogP contribution in [0.4, 0.5) is 0 Å². The van der Waals surface area contributed by atoms with Crippen LogP contribution in [0.25, 0.3) is 0 Å². The maximum absolute atomic E-state index is 11.9. The summed E-state index contributed by atoms with van der Waals surface area (Å²) in [6.07, 6.45) is 1.09. The van der Waals surface area contributed by atoms with Crippen LogP contribution in [-0.4, -0.2) is 33.5 Å². The zero-order chi connectivity index (χ0) is 14.6. The molecule has 1 rings (SSSR count). The summed E-state index contributed by atoms with van der Waals surface area (Å²) in [6.45, 7) is 2.31. The van der Waals surface area contributed by atoms with E-state index in [2.05, 4.69) is 5.32 Å². The number of carboxylic acid groups (broad SMARTS) is 1. The van der Waals surface area contributed by atoms with E-state index < -0.39 is 30.2 Å². The van der Waals surface area contributed by atoms with E-state index in [0.29, 0.717) is 11.6 Å². The lowest BCUT2D eigenvalue weighted by molar-refractivity contribution is -0.140. The van der Waals surface area contributed by atoms with Crippen LogP contribution in [0.3, 0.4) is 0 Å². The quantitative estimate of drug-likeness (QED) is 0.694. The van der Waals surface area contributed by atoms with Crippen LogP contribution in [0, 0.1) is 0 Å². The number of rotatable bonds is 6. The number of carbonyl (C=O) groups excluding carboxylic acids is 2. The maximum Gasteiger partial charge on any atom is 0.326 e. The molecule has 0 aliphatic carbocycles. The summed E-state index contributed by atoms with van der Waals surface area (Å²) in [5.41, 5.74) is 5.15. The van der Waals surface area contributed by atoms with Gasteiger partial charge in [0.15, 0.2) is 0 Å². The van der Waals surface area contributed by atoms with E-state index in [4.69, 9.17) is 22.4 Å². The molecule has 0 aromatic carbocycles. The predicted octanol–water partition coefficient (Wildman–Crippen LogP) is 0.220. The molecule has 0 fully saturated rings. The summed E-state index contributed by atoms with van der Waals surface area (Å²) in [6, 6.07) is 0.0628. The van der Waals surface area contributed by atoms with Gasteiger partial charge in [-0.3, -0.25) is 9.59 Å². The number of halogens is 1. The highest BCUT2D eigenvalue weighted by molar-refractivity contribution is 6.31. The first kappa shape index (κ1) is 15.0. The monoisotopic (exact) mass is 287 g/mol. The lowest BCUT2D eigenvalue weighted by Gasteiger charge is -2.13. The molecule has 0 radical (unpaired) electrons. The number of carboxylic acids is 1. The van der Waals surface area contributed by atoms with Gasteiger partial charge in [-0.25, -0.2) is 4.79 Å². The highest BCUT2D eigenvalue weighted by Crippen LogP contribution is 2.14. The molecule has 0 bridgehead atoms. The molecule has 19 heavy (non-hydrogen) atoms. The molecule has 104 valence electrons. The minimum Gasteiger partial charge on any atom is -0.480 e. The van der Waals surface area contributed by atoms with Crippen molar-refractivity contribution in [3.63, 3.8) is 0 Å². The number of nitrogens with one attached hydrogen (secondary N) is 1. The van der Waals surface area contributed by atoms with Gasteiger partial charge in [0.25, 0.3) is 5.91 Å². The number of carbonyl (C=O) groups is 3. The standard InChI is InChI=1S/C11H14ClN3O4/c1-2-15-5-6(12)3-8(15)10(17)14-7(11(18)19)4-9(13)16/h3,5,7H,2,4H2,1H3,(H2,13,16)(H,14,17)(H,18,19)/t7-/m0/s1. The Morgan fingerprint density at radius 2 is 2.16 bits per heavy atom. The van der Waals surface area contributed by atoms with Gasteiger partial charge in [0.1, 0.15) is 11.7 Å². The van der Waals surface area contributed by atoms with E-state index in [1.165, 1.54) is 6.07 Å². The molecule has 0 aliphatic heterocycles. The van der Waals surface area contributed by atoms with Crippen LogP contribution in [0.1, 0.15) is 23.8 Å². The number of primary amides is 1. The van der Waals surface area contributed by atoms with Crippen molar-refractivity contribution in [1.82, 2.24) is 9.88 Å². The molecule has 7 nitrogen and oxygen atoms in total. The van der Waals surface area contributed by atoms with Crippen LogP contribution in [-0.2, 0) is 16.1 Å². The number of aryl methyl sites for hydroxylation is 1. The Hall–Kier alpha value is -2.02. The molecule has 0 spiro atoms. The Morgan fingerprint density at radius 1 is 1.53 bits per heavy atom. The summed E-state index contributed by atoms with van der Waals surface area (Å²) in [5, 5.41) is 11.5. The second-order valence-corrected chi connectivity index (χ2v) is 4.30. The van der Waals surface area contributed by atoms with Gasteiger partial charge in [0, 0.05) is 12.7 Å². The fourth-order valence-corrected chi connectivity index (χ4v) is 1.78. The zero-order valence-corrected chi connectivity index (χ0v) is 11.0. The number of amides is 2. The zero-order valence-electron chi connectivity index (χ0n) is 10.2. The van der Waals surface area contributed by atoms with Crippen molar-refractivity contribution in [2.75, 3.05) is 0 Å². The largest absolute Gasteiger partial charge is 0.480 e. The molecule has 1 heterocycles. The molecule has 4 N–H and O–H groups in total. The third kappa shape index (κ3) is 3.99. The molecule has 0 saturated carbocycles. The molecule has 2 amide bonds. The van der Waals surface area contributed by atoms with Gasteiger partial charge >= 0.3 is 5.97 Å². The van der Waals surface area contributed by atoms with Crippen LogP contribution in [0.15, 0.2) is 12.3 Å². The lowest BCUT2D eigenvalue weighted by atomic mass is 10.2. The molecular formula is C11H14ClN3O4. The van der Waals surface area contributed by atoms with Gasteiger partial charge < -0.3 is 20.7 Å². The Bertz CT molecular complexity index is 512. The summed E-state index contributed by atoms with van der Waals surface area (Å²) in [7, 11) is 0. The van der Waals surface area contributed by atoms with Gasteiger partial charge in [-0.2, -0.15) is 0 Å². The number of hydrogen-bond acceptors (Lipinski definition) is 3. The van der Waals surface area contributed by atoms with E-state index >= 15 is 0 Å². The highest BCUT2D eigenvalue weighted by Gasteiger charge is 2.24. The van der Waals surface area contributed by atoms with Crippen LogP contribution in [0.2, 0.25) is 5.02 Å². The van der Waals surface area contributed by atoms with Crippen molar-refractivity contribution < 1.29 is 19.5 Å². The SMILES string of the molecule is CCn1cc(Cl)cc1C(=O)N[C@@H](CC(N)=O)C(=O)O. The number of aliphatic carboxylic acids is 1. The van der Waals surface area contributed by atoms with Crippen molar-refractivity contribution in [3.8, 4) is 0 Å². The number of hydrogen-bond donors (Lipinski definition) is 3. The Kier molecular flexibility index (Phi) is 4.94. The lowest BCUT2D eigenvalue weighted by Crippen LogP contribution is -2.43. The first-order valence-corrected chi connectivity index (χ1v) is 5.90. The van der Waals surface area contributed by atoms with Crippen molar-refractivity contribution in [1.29, 1.82) is 0 Å². The Morgan fingerprint density at radius 3 is 2.63 bits per heavy atom. The molecule has 1 aromatic rings. The Labute approximate surface area is 114 Å². The van der Waals surface area contributed by atoms with Gasteiger partial charge in [0.05, 0.1) is 11.4 Å². The van der Waals surface area contributed by atoms with Crippen molar-refractivity contribution in [2.45, 2.75) is 25.9 Å². The Balaban J connectivity index is 2.87. The van der Waals surface area contributed by atoms with Crippen LogP contribution >= 0.6 is 11.6 Å². The minimum atomic E-state index is -1.36. The molecule has 1 atom stereocenters. The van der Waals surface area contributed by atoms with E-state index in [1.54, 1.807) is 10.8 Å². The van der Waals surface area contributed by atoms with Gasteiger partial charge in [0.2, 0.25) is 5.91 Å². The minimum absolute atomic E-state index is 0.225. The van der Waals surface area contributed by atoms with E-state index in [9.17, 15) is 14.4 Å². The maximum atomic E-state index is 11.9. The second-order valence-electron chi connectivity index (χ2n) is 3.86. The molecular weight excluding hydrogens is 274 g/mol. The summed E-state index contributed by atoms with van der Waals surface area (Å²) in [4.78, 5) is 33.6. The number of nitrogens with two attached hydrogens (primary N) is 1. The number of nitrogens with zero attached hydrogens (tertiary/aromatic N) is 1. The molecule has 1 aromatic heterocycles. The summed E-state index contributed by atoms with van der Waals surface area (Å²) < 4.78 is 1.57. The molecule has 0 unspecified atom stereocenters. The first-order chi connectivity index (χ1) is 8.85. The van der Waals surface area contributed by atoms with Crippen molar-refractivity contribution in [2.24, 2.45) is 5.73 Å². The van der Waals surface area contributed by atoms with Crippen molar-refractivity contribution in [3.05, 3.63) is 23.0 Å². The molecule has 0 saturated heterocycles. The van der Waals surface area contributed by atoms with Crippen molar-refractivity contribution >= 4 is 29.4 Å². The van der Waals surface area contributed by atoms with Gasteiger partial charge in [-0.1, -0.05) is 11.6 Å². The third-order valence-corrected chi connectivity index (χ3v) is 2.65. The average Bonchev–Trinajstić information content (AvgIpc) is 2.68. The normalized spacial score (nSPS) is 11.9. The highest BCUT2D eigenvalue weighted by atomic mass is 35.5. The molecule has 8 heteroatoms. The van der Waals surface area contributed by atoms with Crippen LogP contribution in [0.5, 0.6) is 0 Å². The van der Waals surface area contributed by atoms with Gasteiger partial charge in [-0.15, -0.1) is 0 Å². The van der Waals surface area contributed by atoms with Gasteiger partial charge in [-0.05, 0) is 13.0 Å².